The first-order valence-corrected chi connectivity index (χ1v) is 10.0. The lowest BCUT2D eigenvalue weighted by Gasteiger charge is -2.32. The van der Waals surface area contributed by atoms with Crippen molar-refractivity contribution >= 4 is 17.5 Å². The number of likely N-dealkylation sites (tertiary alicyclic amines) is 1. The Hall–Kier alpha value is -1.88. The van der Waals surface area contributed by atoms with Gasteiger partial charge in [0.1, 0.15) is 0 Å². The monoisotopic (exact) mass is 385 g/mol. The fourth-order valence-corrected chi connectivity index (χ4v) is 3.84. The Morgan fingerprint density at radius 3 is 2.48 bits per heavy atom. The topological polar surface area (TPSA) is 44.4 Å². The molecule has 144 valence electrons. The molecule has 1 saturated heterocycles. The molecule has 1 atom stereocenters. The predicted molar refractivity (Wildman–Crippen MR) is 111 cm³/mol. The van der Waals surface area contributed by atoms with Crippen LogP contribution in [0.3, 0.4) is 0 Å². The van der Waals surface area contributed by atoms with Gasteiger partial charge in [0, 0.05) is 36.7 Å². The first kappa shape index (κ1) is 19.9. The summed E-state index contributed by atoms with van der Waals surface area (Å²) < 4.78 is 0. The Labute approximate surface area is 166 Å². The van der Waals surface area contributed by atoms with Crippen LogP contribution in [0, 0.1) is 0 Å². The van der Waals surface area contributed by atoms with E-state index in [0.717, 1.165) is 43.1 Å². The van der Waals surface area contributed by atoms with Gasteiger partial charge in [-0.05, 0) is 37.0 Å². The van der Waals surface area contributed by atoms with E-state index in [1.807, 2.05) is 37.3 Å². The zero-order valence-corrected chi connectivity index (χ0v) is 16.6. The van der Waals surface area contributed by atoms with Gasteiger partial charge in [0.25, 0.3) is 0 Å². The minimum absolute atomic E-state index is 0.0390. The molecule has 27 heavy (non-hydrogen) atoms. The summed E-state index contributed by atoms with van der Waals surface area (Å²) in [5.41, 5.74) is 2.36. The number of nitrogens with zero attached hydrogens (tertiary/aromatic N) is 1. The number of rotatable bonds is 7. The van der Waals surface area contributed by atoms with Gasteiger partial charge in [-0.3, -0.25) is 9.69 Å². The highest BCUT2D eigenvalue weighted by atomic mass is 35.5. The molecule has 1 fully saturated rings. The van der Waals surface area contributed by atoms with E-state index >= 15 is 0 Å². The molecular formula is C22H28ClN3O. The van der Waals surface area contributed by atoms with Gasteiger partial charge in [-0.15, -0.1) is 0 Å². The fraction of sp³-hybridized carbons (Fsp3) is 0.409. The third-order valence-corrected chi connectivity index (χ3v) is 5.49. The summed E-state index contributed by atoms with van der Waals surface area (Å²) in [5, 5.41) is 7.15. The van der Waals surface area contributed by atoms with E-state index < -0.39 is 0 Å². The van der Waals surface area contributed by atoms with Gasteiger partial charge in [-0.2, -0.15) is 0 Å². The quantitative estimate of drug-likeness (QED) is 0.762. The van der Waals surface area contributed by atoms with Gasteiger partial charge in [0.2, 0.25) is 5.91 Å². The molecule has 0 aliphatic carbocycles. The molecule has 2 aromatic carbocycles. The molecule has 3 rings (SSSR count). The maximum absolute atomic E-state index is 12.3. The van der Waals surface area contributed by atoms with Crippen molar-refractivity contribution in [3.05, 3.63) is 70.7 Å². The molecule has 2 aromatic rings. The lowest BCUT2D eigenvalue weighted by atomic mass is 10.0. The molecule has 5 heteroatoms. The van der Waals surface area contributed by atoms with Crippen LogP contribution in [-0.2, 0) is 11.3 Å². The van der Waals surface area contributed by atoms with E-state index in [9.17, 15) is 4.79 Å². The van der Waals surface area contributed by atoms with Crippen LogP contribution in [0.25, 0.3) is 0 Å². The second kappa shape index (κ2) is 9.88. The standard InChI is InChI=1S/C22H28ClN3O/c1-17(20-9-5-6-10-21(20)23)24-15-22(27)25-19-11-13-26(14-12-19)16-18-7-3-2-4-8-18/h2-10,17,19,24H,11-16H2,1H3,(H,25,27)/t17-/m0/s1. The molecule has 0 bridgehead atoms. The van der Waals surface area contributed by atoms with Crippen molar-refractivity contribution in [2.24, 2.45) is 0 Å². The average molecular weight is 386 g/mol. The van der Waals surface area contributed by atoms with Gasteiger partial charge in [0.15, 0.2) is 0 Å². The van der Waals surface area contributed by atoms with E-state index in [-0.39, 0.29) is 18.0 Å². The largest absolute Gasteiger partial charge is 0.352 e. The molecular weight excluding hydrogens is 358 g/mol. The molecule has 2 N–H and O–H groups in total. The molecule has 4 nitrogen and oxygen atoms in total. The van der Waals surface area contributed by atoms with Gasteiger partial charge in [0.05, 0.1) is 6.54 Å². The minimum atomic E-state index is 0.0390. The molecule has 0 radical (unpaired) electrons. The number of halogens is 1. The van der Waals surface area contributed by atoms with Crippen LogP contribution in [0.4, 0.5) is 0 Å². The third-order valence-electron chi connectivity index (χ3n) is 5.14. The van der Waals surface area contributed by atoms with Crippen molar-refractivity contribution in [3.8, 4) is 0 Å². The highest BCUT2D eigenvalue weighted by molar-refractivity contribution is 6.31. The third kappa shape index (κ3) is 6.06. The Balaban J connectivity index is 1.37. The Kier molecular flexibility index (Phi) is 7.27. The van der Waals surface area contributed by atoms with E-state index in [1.54, 1.807) is 0 Å². The van der Waals surface area contributed by atoms with Gasteiger partial charge < -0.3 is 10.6 Å². The summed E-state index contributed by atoms with van der Waals surface area (Å²) in [7, 11) is 0. The van der Waals surface area contributed by atoms with Crippen LogP contribution in [0.1, 0.15) is 36.9 Å². The summed E-state index contributed by atoms with van der Waals surface area (Å²) in [6.07, 6.45) is 2.00. The van der Waals surface area contributed by atoms with Crippen LogP contribution < -0.4 is 10.6 Å². The zero-order chi connectivity index (χ0) is 19.1. The molecule has 0 spiro atoms. The summed E-state index contributed by atoms with van der Waals surface area (Å²) in [5.74, 6) is 0.0513. The SMILES string of the molecule is C[C@H](NCC(=O)NC1CCN(Cc2ccccc2)CC1)c1ccccc1Cl. The molecule has 0 aromatic heterocycles. The van der Waals surface area contributed by atoms with Gasteiger partial charge in [-0.25, -0.2) is 0 Å². The van der Waals surface area contributed by atoms with Crippen molar-refractivity contribution in [1.29, 1.82) is 0 Å². The van der Waals surface area contributed by atoms with Crippen LogP contribution in [0.5, 0.6) is 0 Å². The number of carbonyl (C=O) groups excluding carboxylic acids is 1. The fourth-order valence-electron chi connectivity index (χ4n) is 3.54. The minimum Gasteiger partial charge on any atom is -0.352 e. The number of piperidine rings is 1. The molecule has 0 unspecified atom stereocenters. The Bertz CT molecular complexity index is 729. The number of amides is 1. The average Bonchev–Trinajstić information content (AvgIpc) is 2.69. The highest BCUT2D eigenvalue weighted by Gasteiger charge is 2.21. The van der Waals surface area contributed by atoms with E-state index in [1.165, 1.54) is 5.56 Å². The normalized spacial score (nSPS) is 16.8. The van der Waals surface area contributed by atoms with Crippen LogP contribution in [0.15, 0.2) is 54.6 Å². The van der Waals surface area contributed by atoms with Crippen LogP contribution in [-0.4, -0.2) is 36.5 Å². The maximum Gasteiger partial charge on any atom is 0.234 e. The van der Waals surface area contributed by atoms with Crippen molar-refractivity contribution in [2.75, 3.05) is 19.6 Å². The number of benzene rings is 2. The molecule has 1 heterocycles. The lowest BCUT2D eigenvalue weighted by Crippen LogP contribution is -2.46. The van der Waals surface area contributed by atoms with Crippen LogP contribution in [0.2, 0.25) is 5.02 Å². The maximum atomic E-state index is 12.3. The van der Waals surface area contributed by atoms with E-state index in [0.29, 0.717) is 6.54 Å². The number of hydrogen-bond acceptors (Lipinski definition) is 3. The number of carbonyl (C=O) groups is 1. The van der Waals surface area contributed by atoms with Crippen LogP contribution >= 0.6 is 11.6 Å². The number of hydrogen-bond donors (Lipinski definition) is 2. The summed E-state index contributed by atoms with van der Waals surface area (Å²) in [6, 6.07) is 18.6. The van der Waals surface area contributed by atoms with E-state index in [2.05, 4.69) is 39.8 Å². The Morgan fingerprint density at radius 2 is 1.78 bits per heavy atom. The molecule has 1 aliphatic heterocycles. The van der Waals surface area contributed by atoms with Gasteiger partial charge >= 0.3 is 0 Å². The lowest BCUT2D eigenvalue weighted by molar-refractivity contribution is -0.121. The number of nitrogens with one attached hydrogen (secondary N) is 2. The summed E-state index contributed by atoms with van der Waals surface area (Å²) in [6.45, 7) is 5.35. The summed E-state index contributed by atoms with van der Waals surface area (Å²) >= 11 is 6.22. The van der Waals surface area contributed by atoms with Crippen molar-refractivity contribution in [2.45, 2.75) is 38.4 Å². The second-order valence-electron chi connectivity index (χ2n) is 7.23. The molecule has 1 amide bonds. The highest BCUT2D eigenvalue weighted by Crippen LogP contribution is 2.21. The zero-order valence-electron chi connectivity index (χ0n) is 15.8. The van der Waals surface area contributed by atoms with Crippen molar-refractivity contribution in [1.82, 2.24) is 15.5 Å². The summed E-state index contributed by atoms with van der Waals surface area (Å²) in [4.78, 5) is 14.7. The smallest absolute Gasteiger partial charge is 0.234 e. The molecule has 0 saturated carbocycles. The first-order chi connectivity index (χ1) is 13.1. The Morgan fingerprint density at radius 1 is 1.11 bits per heavy atom. The van der Waals surface area contributed by atoms with Crippen molar-refractivity contribution in [3.63, 3.8) is 0 Å². The van der Waals surface area contributed by atoms with Gasteiger partial charge in [-0.1, -0.05) is 60.1 Å². The molecule has 1 aliphatic rings. The van der Waals surface area contributed by atoms with E-state index in [4.69, 9.17) is 11.6 Å². The second-order valence-corrected chi connectivity index (χ2v) is 7.63. The van der Waals surface area contributed by atoms with Crippen molar-refractivity contribution < 1.29 is 4.79 Å². The predicted octanol–water partition coefficient (Wildman–Crippen LogP) is 3.77. The first-order valence-electron chi connectivity index (χ1n) is 9.65.